The molecule has 7 nitrogen and oxygen atoms in total. The number of carbonyl (C=O) groups is 1. The zero-order valence-electron chi connectivity index (χ0n) is 9.27. The molecule has 1 aromatic rings. The lowest BCUT2D eigenvalue weighted by Gasteiger charge is -2.11. The maximum absolute atomic E-state index is 11.7. The molecule has 0 saturated carbocycles. The fraction of sp³-hybridized carbons (Fsp3) is 0.444. The number of nitrogens with zero attached hydrogens (tertiary/aromatic N) is 2. The molecule has 2 N–H and O–H groups in total. The average Bonchev–Trinajstić information content (AvgIpc) is 2.17. The molecular weight excluding hydrogens is 214 g/mol. The molecule has 0 unspecified atom stereocenters. The number of hydrogen-bond donors (Lipinski definition) is 2. The van der Waals surface area contributed by atoms with E-state index in [1.54, 1.807) is 19.0 Å². The summed E-state index contributed by atoms with van der Waals surface area (Å²) in [6.07, 6.45) is 0. The summed E-state index contributed by atoms with van der Waals surface area (Å²) < 4.78 is 0.852. The van der Waals surface area contributed by atoms with Gasteiger partial charge in [-0.05, 0) is 14.1 Å². The lowest BCUT2D eigenvalue weighted by atomic mass is 10.2. The maximum Gasteiger partial charge on any atom is 0.352 e. The van der Waals surface area contributed by atoms with Gasteiger partial charge in [0.15, 0.2) is 0 Å². The third kappa shape index (κ3) is 2.19. The van der Waals surface area contributed by atoms with Crippen molar-refractivity contribution in [3.63, 3.8) is 0 Å². The second kappa shape index (κ2) is 4.31. The summed E-state index contributed by atoms with van der Waals surface area (Å²) >= 11 is 0. The van der Waals surface area contributed by atoms with Crippen molar-refractivity contribution in [3.05, 3.63) is 32.1 Å². The van der Waals surface area contributed by atoms with E-state index in [1.165, 1.54) is 7.05 Å². The number of aromatic nitrogens is 2. The Balaban J connectivity index is 3.55. The Hall–Kier alpha value is -1.89. The smallest absolute Gasteiger partial charge is 0.352 e. The number of hydrogen-bond acceptors (Lipinski definition) is 4. The molecule has 0 bridgehead atoms. The highest BCUT2D eigenvalue weighted by Gasteiger charge is 2.17. The first-order chi connectivity index (χ1) is 7.34. The van der Waals surface area contributed by atoms with Crippen molar-refractivity contribution in [2.75, 3.05) is 14.1 Å². The van der Waals surface area contributed by atoms with Gasteiger partial charge in [-0.1, -0.05) is 0 Å². The van der Waals surface area contributed by atoms with Gasteiger partial charge in [0, 0.05) is 13.6 Å². The lowest BCUT2D eigenvalue weighted by Crippen LogP contribution is -2.39. The summed E-state index contributed by atoms with van der Waals surface area (Å²) in [6, 6.07) is 0. The van der Waals surface area contributed by atoms with Crippen LogP contribution in [0.15, 0.2) is 9.59 Å². The fourth-order valence-electron chi connectivity index (χ4n) is 1.31. The molecule has 0 radical (unpaired) electrons. The van der Waals surface area contributed by atoms with E-state index in [9.17, 15) is 14.4 Å². The van der Waals surface area contributed by atoms with E-state index in [2.05, 4.69) is 4.98 Å². The minimum absolute atomic E-state index is 0.0691. The number of aromatic amines is 1. The largest absolute Gasteiger partial charge is 0.477 e. The van der Waals surface area contributed by atoms with E-state index in [0.29, 0.717) is 0 Å². The second-order valence-corrected chi connectivity index (χ2v) is 3.69. The molecule has 7 heteroatoms. The molecule has 0 aliphatic rings. The van der Waals surface area contributed by atoms with E-state index in [0.717, 1.165) is 4.57 Å². The Morgan fingerprint density at radius 2 is 2.00 bits per heavy atom. The monoisotopic (exact) mass is 227 g/mol. The first-order valence-corrected chi connectivity index (χ1v) is 4.54. The second-order valence-electron chi connectivity index (χ2n) is 3.69. The Kier molecular flexibility index (Phi) is 3.28. The van der Waals surface area contributed by atoms with Gasteiger partial charge in [0.05, 0.1) is 5.56 Å². The SMILES string of the molecule is CN(C)Cc1c(C(=O)O)[nH]c(=O)n(C)c1=O. The normalized spacial score (nSPS) is 10.8. The highest BCUT2D eigenvalue weighted by atomic mass is 16.4. The average molecular weight is 227 g/mol. The van der Waals surface area contributed by atoms with Gasteiger partial charge in [-0.15, -0.1) is 0 Å². The quantitative estimate of drug-likeness (QED) is 0.678. The molecule has 0 atom stereocenters. The molecule has 88 valence electrons. The van der Waals surface area contributed by atoms with Gasteiger partial charge in [0.25, 0.3) is 5.56 Å². The molecule has 0 spiro atoms. The highest BCUT2D eigenvalue weighted by Crippen LogP contribution is 2.00. The molecule has 16 heavy (non-hydrogen) atoms. The number of aromatic carboxylic acids is 1. The van der Waals surface area contributed by atoms with Crippen LogP contribution in [-0.4, -0.2) is 39.6 Å². The molecule has 1 heterocycles. The zero-order valence-corrected chi connectivity index (χ0v) is 9.27. The Morgan fingerprint density at radius 1 is 1.44 bits per heavy atom. The fourth-order valence-corrected chi connectivity index (χ4v) is 1.31. The van der Waals surface area contributed by atoms with Crippen molar-refractivity contribution in [2.24, 2.45) is 7.05 Å². The van der Waals surface area contributed by atoms with Gasteiger partial charge < -0.3 is 15.0 Å². The van der Waals surface area contributed by atoms with Crippen molar-refractivity contribution in [1.29, 1.82) is 0 Å². The van der Waals surface area contributed by atoms with Crippen LogP contribution >= 0.6 is 0 Å². The van der Waals surface area contributed by atoms with Crippen LogP contribution in [0.3, 0.4) is 0 Å². The summed E-state index contributed by atoms with van der Waals surface area (Å²) in [5.41, 5.74) is -1.60. The number of H-pyrrole nitrogens is 1. The van der Waals surface area contributed by atoms with Gasteiger partial charge >= 0.3 is 11.7 Å². The van der Waals surface area contributed by atoms with Crippen LogP contribution < -0.4 is 11.2 Å². The van der Waals surface area contributed by atoms with Crippen LogP contribution in [-0.2, 0) is 13.6 Å². The van der Waals surface area contributed by atoms with E-state index < -0.39 is 17.2 Å². The minimum Gasteiger partial charge on any atom is -0.477 e. The predicted molar refractivity (Wildman–Crippen MR) is 56.7 cm³/mol. The molecule has 0 fully saturated rings. The Labute approximate surface area is 90.9 Å². The Morgan fingerprint density at radius 3 is 2.44 bits per heavy atom. The molecular formula is C9H13N3O4. The molecule has 1 aromatic heterocycles. The van der Waals surface area contributed by atoms with Crippen LogP contribution in [0, 0.1) is 0 Å². The molecule has 0 aromatic carbocycles. The van der Waals surface area contributed by atoms with E-state index in [1.807, 2.05) is 0 Å². The van der Waals surface area contributed by atoms with Crippen molar-refractivity contribution in [2.45, 2.75) is 6.54 Å². The molecule has 0 saturated heterocycles. The summed E-state index contributed by atoms with van der Waals surface area (Å²) in [7, 11) is 4.71. The van der Waals surface area contributed by atoms with Crippen molar-refractivity contribution in [3.8, 4) is 0 Å². The number of rotatable bonds is 3. The first-order valence-electron chi connectivity index (χ1n) is 4.54. The van der Waals surface area contributed by atoms with Crippen LogP contribution in [0.25, 0.3) is 0 Å². The van der Waals surface area contributed by atoms with Crippen LogP contribution in [0.5, 0.6) is 0 Å². The van der Waals surface area contributed by atoms with Crippen molar-refractivity contribution < 1.29 is 9.90 Å². The van der Waals surface area contributed by atoms with Gasteiger partial charge in [-0.2, -0.15) is 0 Å². The van der Waals surface area contributed by atoms with Crippen LogP contribution in [0.1, 0.15) is 16.1 Å². The third-order valence-electron chi connectivity index (χ3n) is 2.09. The minimum atomic E-state index is -1.31. The maximum atomic E-state index is 11.7. The third-order valence-corrected chi connectivity index (χ3v) is 2.09. The van der Waals surface area contributed by atoms with Crippen molar-refractivity contribution >= 4 is 5.97 Å². The van der Waals surface area contributed by atoms with E-state index in [4.69, 9.17) is 5.11 Å². The van der Waals surface area contributed by atoms with Crippen LogP contribution in [0.2, 0.25) is 0 Å². The summed E-state index contributed by atoms with van der Waals surface area (Å²) in [5, 5.41) is 8.88. The lowest BCUT2D eigenvalue weighted by molar-refractivity contribution is 0.0687. The van der Waals surface area contributed by atoms with Crippen LogP contribution in [0.4, 0.5) is 0 Å². The van der Waals surface area contributed by atoms with E-state index >= 15 is 0 Å². The zero-order chi connectivity index (χ0) is 12.5. The van der Waals surface area contributed by atoms with Gasteiger partial charge in [0.2, 0.25) is 0 Å². The number of carboxylic acids is 1. The van der Waals surface area contributed by atoms with Gasteiger partial charge in [-0.25, -0.2) is 9.59 Å². The topological polar surface area (TPSA) is 95.4 Å². The van der Waals surface area contributed by atoms with Gasteiger partial charge in [-0.3, -0.25) is 9.36 Å². The predicted octanol–water partition coefficient (Wildman–Crippen LogP) is -1.17. The summed E-state index contributed by atoms with van der Waals surface area (Å²) in [5.74, 6) is -1.31. The standard InChI is InChI=1S/C9H13N3O4/c1-11(2)4-5-6(8(14)15)10-9(16)12(3)7(5)13/h4H2,1-3H3,(H,10,16)(H,14,15). The molecule has 0 aliphatic carbocycles. The first kappa shape index (κ1) is 12.2. The number of nitrogens with one attached hydrogen (secondary N) is 1. The van der Waals surface area contributed by atoms with Gasteiger partial charge in [0.1, 0.15) is 5.69 Å². The number of carboxylic acid groups (broad SMARTS) is 1. The molecule has 1 rings (SSSR count). The molecule has 0 aliphatic heterocycles. The van der Waals surface area contributed by atoms with E-state index in [-0.39, 0.29) is 17.8 Å². The molecule has 0 amide bonds. The highest BCUT2D eigenvalue weighted by molar-refractivity contribution is 5.86. The summed E-state index contributed by atoms with van der Waals surface area (Å²) in [6.45, 7) is 0.158. The summed E-state index contributed by atoms with van der Waals surface area (Å²) in [4.78, 5) is 37.6. The Bertz CT molecular complexity index is 527. The van der Waals surface area contributed by atoms with Crippen molar-refractivity contribution in [1.82, 2.24) is 14.5 Å².